The van der Waals surface area contributed by atoms with E-state index < -0.39 is 12.1 Å². The zero-order valence-corrected chi connectivity index (χ0v) is 17.0. The van der Waals surface area contributed by atoms with Gasteiger partial charge in [0.25, 0.3) is 5.91 Å². The molecule has 0 saturated carbocycles. The number of benzene rings is 2. The van der Waals surface area contributed by atoms with Crippen LogP contribution in [-0.4, -0.2) is 35.1 Å². The lowest BCUT2D eigenvalue weighted by Crippen LogP contribution is -2.34. The van der Waals surface area contributed by atoms with E-state index in [9.17, 15) is 14.7 Å². The maximum atomic E-state index is 13.3. The molecule has 4 rings (SSSR count). The predicted molar refractivity (Wildman–Crippen MR) is 114 cm³/mol. The van der Waals surface area contributed by atoms with Crippen molar-refractivity contribution in [1.29, 1.82) is 0 Å². The van der Waals surface area contributed by atoms with Crippen molar-refractivity contribution < 1.29 is 19.4 Å². The fourth-order valence-electron chi connectivity index (χ4n) is 4.00. The molecule has 1 atom stereocenters. The summed E-state index contributed by atoms with van der Waals surface area (Å²) in [6.45, 7) is 2.10. The van der Waals surface area contributed by atoms with Crippen molar-refractivity contribution in [3.8, 4) is 0 Å². The van der Waals surface area contributed by atoms with Gasteiger partial charge in [-0.2, -0.15) is 0 Å². The Morgan fingerprint density at radius 1 is 1.17 bits per heavy atom. The minimum atomic E-state index is -0.748. The van der Waals surface area contributed by atoms with Gasteiger partial charge in [0.15, 0.2) is 0 Å². The van der Waals surface area contributed by atoms with Crippen LogP contribution in [0.1, 0.15) is 18.9 Å². The minimum absolute atomic E-state index is 0.241. The summed E-state index contributed by atoms with van der Waals surface area (Å²) in [7, 11) is 1.30. The van der Waals surface area contributed by atoms with Crippen LogP contribution in [0.25, 0.3) is 11.6 Å². The lowest BCUT2D eigenvalue weighted by Gasteiger charge is -2.18. The van der Waals surface area contributed by atoms with Gasteiger partial charge in [0.1, 0.15) is 0 Å². The zero-order valence-electron chi connectivity index (χ0n) is 17.0. The van der Waals surface area contributed by atoms with Crippen LogP contribution in [0.2, 0.25) is 0 Å². The fraction of sp³-hybridized carbons (Fsp3) is 0.200. The molecule has 0 saturated heterocycles. The first-order valence-corrected chi connectivity index (χ1v) is 9.86. The molecule has 2 aliphatic rings. The van der Waals surface area contributed by atoms with Crippen LogP contribution in [0.4, 0.5) is 0 Å². The number of fused-ring (bicyclic) bond motifs is 1. The van der Waals surface area contributed by atoms with Gasteiger partial charge in [0, 0.05) is 5.70 Å². The Morgan fingerprint density at radius 2 is 1.87 bits per heavy atom. The molecule has 0 bridgehead atoms. The van der Waals surface area contributed by atoms with E-state index in [0.717, 1.165) is 16.0 Å². The highest BCUT2D eigenvalue weighted by Gasteiger charge is 2.37. The standard InChI is InChI=1S/C25H23NO4/c1-16-23(25(29)30-2)21(24(28)26(16)15-17-8-4-3-5-9-17)14-20-19-11-7-6-10-18(19)12-13-22(20)27/h3-12,14,22,27H,13,15H2,1-2H3/b21-14+. The van der Waals surface area contributed by atoms with Gasteiger partial charge in [-0.15, -0.1) is 0 Å². The third-order valence-corrected chi connectivity index (χ3v) is 5.58. The molecule has 5 heteroatoms. The van der Waals surface area contributed by atoms with Crippen LogP contribution >= 0.6 is 0 Å². The average Bonchev–Trinajstić information content (AvgIpc) is 3.00. The summed E-state index contributed by atoms with van der Waals surface area (Å²) in [5, 5.41) is 12.5. The minimum Gasteiger partial charge on any atom is -0.465 e. The number of aliphatic hydroxyl groups is 1. The second-order valence-electron chi connectivity index (χ2n) is 7.39. The summed E-state index contributed by atoms with van der Waals surface area (Å²) in [6, 6.07) is 17.3. The molecule has 2 aromatic rings. The average molecular weight is 401 g/mol. The van der Waals surface area contributed by atoms with Crippen molar-refractivity contribution in [1.82, 2.24) is 4.90 Å². The van der Waals surface area contributed by atoms with E-state index in [1.807, 2.05) is 60.7 Å². The molecule has 2 aromatic carbocycles. The lowest BCUT2D eigenvalue weighted by atomic mass is 9.93. The number of hydrogen-bond donors (Lipinski definition) is 1. The monoisotopic (exact) mass is 401 g/mol. The first-order chi connectivity index (χ1) is 14.5. The van der Waals surface area contributed by atoms with Gasteiger partial charge in [-0.3, -0.25) is 4.79 Å². The van der Waals surface area contributed by atoms with Crippen LogP contribution in [0.3, 0.4) is 0 Å². The Kier molecular flexibility index (Phi) is 5.38. The number of nitrogens with zero attached hydrogens (tertiary/aromatic N) is 1. The molecule has 152 valence electrons. The van der Waals surface area contributed by atoms with Crippen LogP contribution in [0, 0.1) is 0 Å². The second kappa shape index (κ2) is 8.13. The van der Waals surface area contributed by atoms with Crippen molar-refractivity contribution in [3.63, 3.8) is 0 Å². The van der Waals surface area contributed by atoms with E-state index in [1.54, 1.807) is 17.9 Å². The summed E-state index contributed by atoms with van der Waals surface area (Å²) in [6.07, 6.45) is 3.33. The third kappa shape index (κ3) is 3.48. The topological polar surface area (TPSA) is 66.8 Å². The molecule has 0 fully saturated rings. The highest BCUT2D eigenvalue weighted by molar-refractivity contribution is 6.14. The van der Waals surface area contributed by atoms with Gasteiger partial charge in [-0.05, 0) is 41.0 Å². The molecule has 1 aliphatic heterocycles. The van der Waals surface area contributed by atoms with Crippen LogP contribution in [0.5, 0.6) is 0 Å². The summed E-state index contributed by atoms with van der Waals surface area (Å²) < 4.78 is 4.97. The van der Waals surface area contributed by atoms with Crippen LogP contribution < -0.4 is 10.4 Å². The normalized spacial score (nSPS) is 19.8. The predicted octanol–water partition coefficient (Wildman–Crippen LogP) is 1.80. The highest BCUT2D eigenvalue weighted by atomic mass is 16.5. The van der Waals surface area contributed by atoms with Crippen molar-refractivity contribution in [2.24, 2.45) is 0 Å². The number of allylic oxidation sites excluding steroid dienone is 1. The van der Waals surface area contributed by atoms with Gasteiger partial charge in [-0.25, -0.2) is 4.79 Å². The Labute approximate surface area is 174 Å². The lowest BCUT2D eigenvalue weighted by molar-refractivity contribution is -0.136. The first kappa shape index (κ1) is 19.9. The van der Waals surface area contributed by atoms with E-state index in [1.165, 1.54) is 7.11 Å². The molecule has 1 amide bonds. The smallest absolute Gasteiger partial charge is 0.340 e. The van der Waals surface area contributed by atoms with Gasteiger partial charge in [0.05, 0.1) is 30.9 Å². The molecule has 5 nitrogen and oxygen atoms in total. The van der Waals surface area contributed by atoms with Crippen molar-refractivity contribution in [3.05, 3.63) is 93.5 Å². The van der Waals surface area contributed by atoms with Crippen molar-refractivity contribution in [2.45, 2.75) is 26.0 Å². The highest BCUT2D eigenvalue weighted by Crippen LogP contribution is 2.33. The van der Waals surface area contributed by atoms with Gasteiger partial charge >= 0.3 is 5.97 Å². The number of methoxy groups -OCH3 is 1. The van der Waals surface area contributed by atoms with E-state index in [2.05, 4.69) is 0 Å². The van der Waals surface area contributed by atoms with E-state index in [-0.39, 0.29) is 17.1 Å². The number of hydrogen-bond acceptors (Lipinski definition) is 4. The van der Waals surface area contributed by atoms with E-state index in [4.69, 9.17) is 4.74 Å². The summed E-state index contributed by atoms with van der Waals surface area (Å²) in [5.41, 5.74) is 2.63. The quantitative estimate of drug-likeness (QED) is 0.627. The molecular weight excluding hydrogens is 378 g/mol. The van der Waals surface area contributed by atoms with Crippen LogP contribution in [-0.2, 0) is 20.9 Å². The third-order valence-electron chi connectivity index (χ3n) is 5.58. The first-order valence-electron chi connectivity index (χ1n) is 9.86. The number of carbonyl (C=O) groups excluding carboxylic acids is 2. The van der Waals surface area contributed by atoms with E-state index >= 15 is 0 Å². The van der Waals surface area contributed by atoms with Gasteiger partial charge in [0.2, 0.25) is 0 Å². The maximum Gasteiger partial charge on any atom is 0.340 e. The number of aliphatic hydroxyl groups excluding tert-OH is 1. The van der Waals surface area contributed by atoms with E-state index in [0.29, 0.717) is 24.2 Å². The number of esters is 1. The molecule has 0 aromatic heterocycles. The molecule has 0 radical (unpaired) electrons. The van der Waals surface area contributed by atoms with Gasteiger partial charge in [-0.1, -0.05) is 60.7 Å². The zero-order chi connectivity index (χ0) is 21.3. The maximum absolute atomic E-state index is 13.3. The molecule has 30 heavy (non-hydrogen) atoms. The fourth-order valence-corrected chi connectivity index (χ4v) is 4.00. The number of ether oxygens (including phenoxy) is 1. The second-order valence-corrected chi connectivity index (χ2v) is 7.39. The number of rotatable bonds is 4. The van der Waals surface area contributed by atoms with Crippen LogP contribution in [0.15, 0.2) is 77.5 Å². The molecule has 1 heterocycles. The molecule has 0 spiro atoms. The summed E-state index contributed by atoms with van der Waals surface area (Å²) in [5.74, 6) is -0.836. The largest absolute Gasteiger partial charge is 0.465 e. The summed E-state index contributed by atoms with van der Waals surface area (Å²) >= 11 is 0. The molecule has 1 N–H and O–H groups in total. The Hall–Kier alpha value is -3.44. The Bertz CT molecular complexity index is 1190. The van der Waals surface area contributed by atoms with Crippen molar-refractivity contribution >= 4 is 23.5 Å². The number of carbonyl (C=O) groups is 2. The van der Waals surface area contributed by atoms with Crippen molar-refractivity contribution in [2.75, 3.05) is 7.11 Å². The summed E-state index contributed by atoms with van der Waals surface area (Å²) in [4.78, 5) is 27.5. The SMILES string of the molecule is COC(=O)C1=C(C)N(Cc2ccccc2)C(=O)/C1=C/C1=c2ccccc2=CCC1O. The Morgan fingerprint density at radius 3 is 2.60 bits per heavy atom. The number of amides is 1. The molecule has 1 aliphatic carbocycles. The molecular formula is C25H23NO4. The molecule has 1 unspecified atom stereocenters. The van der Waals surface area contributed by atoms with Gasteiger partial charge < -0.3 is 14.7 Å². The Balaban J connectivity index is 1.85.